The number of nitrogens with one attached hydrogen (secondary N) is 1. The van der Waals surface area contributed by atoms with E-state index in [1.165, 1.54) is 0 Å². The molecule has 0 aromatic carbocycles. The molecule has 0 saturated carbocycles. The second-order valence-corrected chi connectivity index (χ2v) is 1.75. The second kappa shape index (κ2) is 5.17. The fourth-order valence-corrected chi connectivity index (χ4v) is 0.638. The highest BCUT2D eigenvalue weighted by Gasteiger charge is 1.98. The number of nitrogen functional groups attached to an aromatic ring is 1. The van der Waals surface area contributed by atoms with Gasteiger partial charge in [0.1, 0.15) is 5.82 Å². The fraction of sp³-hybridized carbons (Fsp3) is 0.500. The van der Waals surface area contributed by atoms with Crippen LogP contribution in [0.4, 0.5) is 5.95 Å². The number of hydrogen-bond acceptors (Lipinski definition) is 4. The molecule has 0 unspecified atom stereocenters. The molecular formula is C4H11Cl2N5. The second-order valence-electron chi connectivity index (χ2n) is 1.75. The van der Waals surface area contributed by atoms with E-state index in [0.717, 1.165) is 0 Å². The molecule has 0 aliphatic carbocycles. The van der Waals surface area contributed by atoms with Crippen LogP contribution in [0, 0.1) is 6.92 Å². The Morgan fingerprint density at radius 2 is 2.00 bits per heavy atom. The highest BCUT2D eigenvalue weighted by molar-refractivity contribution is 5.85. The molecule has 1 rings (SSSR count). The third-order valence-corrected chi connectivity index (χ3v) is 0.998. The topological polar surface area (TPSA) is 68.8 Å². The monoisotopic (exact) mass is 199 g/mol. The van der Waals surface area contributed by atoms with Crippen LogP contribution >= 0.6 is 24.8 Å². The van der Waals surface area contributed by atoms with Crippen LogP contribution in [0.15, 0.2) is 0 Å². The summed E-state index contributed by atoms with van der Waals surface area (Å²) < 4.78 is 1.58. The van der Waals surface area contributed by atoms with Crippen LogP contribution in [0.5, 0.6) is 0 Å². The summed E-state index contributed by atoms with van der Waals surface area (Å²) in [6.07, 6.45) is 0. The molecule has 1 heterocycles. The summed E-state index contributed by atoms with van der Waals surface area (Å²) in [6.45, 7) is 1.81. The minimum atomic E-state index is 0. The van der Waals surface area contributed by atoms with Gasteiger partial charge in [-0.1, -0.05) is 0 Å². The lowest BCUT2D eigenvalue weighted by atomic mass is 10.8. The number of nitrogens with zero attached hydrogens (tertiary/aromatic N) is 3. The van der Waals surface area contributed by atoms with Crippen LogP contribution < -0.4 is 11.3 Å². The largest absolute Gasteiger partial charge is 0.293 e. The molecule has 66 valence electrons. The van der Waals surface area contributed by atoms with Gasteiger partial charge in [-0.05, 0) is 6.92 Å². The van der Waals surface area contributed by atoms with E-state index in [9.17, 15) is 0 Å². The van der Waals surface area contributed by atoms with Crippen molar-refractivity contribution in [3.8, 4) is 0 Å². The van der Waals surface area contributed by atoms with Gasteiger partial charge in [0.05, 0.1) is 0 Å². The first-order valence-corrected chi connectivity index (χ1v) is 2.58. The van der Waals surface area contributed by atoms with Gasteiger partial charge in [0.25, 0.3) is 0 Å². The zero-order valence-corrected chi connectivity index (χ0v) is 7.87. The van der Waals surface area contributed by atoms with Crippen molar-refractivity contribution in [2.45, 2.75) is 6.92 Å². The third-order valence-electron chi connectivity index (χ3n) is 0.998. The van der Waals surface area contributed by atoms with E-state index in [4.69, 9.17) is 5.84 Å². The molecular weight excluding hydrogens is 189 g/mol. The maximum absolute atomic E-state index is 5.09. The number of aryl methyl sites for hydroxylation is 2. The SMILES string of the molecule is Cc1nc(NN)n(C)n1.Cl.Cl. The Balaban J connectivity index is 0. The number of rotatable bonds is 1. The standard InChI is InChI=1S/C4H9N5.2ClH/c1-3-6-4(7-5)9(2)8-3;;/h5H2,1-2H3,(H,6,7,8);2*1H. The average Bonchev–Trinajstić information content (AvgIpc) is 2.10. The Hall–Kier alpha value is -0.520. The van der Waals surface area contributed by atoms with Crippen molar-refractivity contribution in [2.24, 2.45) is 12.9 Å². The number of aromatic nitrogens is 3. The van der Waals surface area contributed by atoms with Gasteiger partial charge in [-0.25, -0.2) is 10.5 Å². The minimum absolute atomic E-state index is 0. The molecule has 0 radical (unpaired) electrons. The third kappa shape index (κ3) is 2.92. The summed E-state index contributed by atoms with van der Waals surface area (Å²) in [5.74, 6) is 6.38. The van der Waals surface area contributed by atoms with Gasteiger partial charge in [0.15, 0.2) is 0 Å². The summed E-state index contributed by atoms with van der Waals surface area (Å²) in [5, 5.41) is 3.94. The van der Waals surface area contributed by atoms with Crippen LogP contribution in [0.2, 0.25) is 0 Å². The van der Waals surface area contributed by atoms with Crippen LogP contribution in [-0.4, -0.2) is 14.8 Å². The molecule has 0 saturated heterocycles. The number of halogens is 2. The van der Waals surface area contributed by atoms with Crippen molar-refractivity contribution in [1.82, 2.24) is 14.8 Å². The van der Waals surface area contributed by atoms with Crippen molar-refractivity contribution >= 4 is 30.8 Å². The highest BCUT2D eigenvalue weighted by Crippen LogP contribution is 1.97. The molecule has 5 nitrogen and oxygen atoms in total. The van der Waals surface area contributed by atoms with Crippen molar-refractivity contribution in [2.75, 3.05) is 5.43 Å². The van der Waals surface area contributed by atoms with Crippen LogP contribution in [0.1, 0.15) is 5.82 Å². The number of hydrazine groups is 1. The van der Waals surface area contributed by atoms with Gasteiger partial charge in [0, 0.05) is 7.05 Å². The lowest BCUT2D eigenvalue weighted by Gasteiger charge is -1.93. The summed E-state index contributed by atoms with van der Waals surface area (Å²) in [4.78, 5) is 3.94. The molecule has 0 aliphatic heterocycles. The summed E-state index contributed by atoms with van der Waals surface area (Å²) in [6, 6.07) is 0. The quantitative estimate of drug-likeness (QED) is 0.503. The van der Waals surface area contributed by atoms with Gasteiger partial charge in [-0.2, -0.15) is 10.1 Å². The summed E-state index contributed by atoms with van der Waals surface area (Å²) >= 11 is 0. The van der Waals surface area contributed by atoms with E-state index < -0.39 is 0 Å². The number of hydrogen-bond donors (Lipinski definition) is 2. The Kier molecular flexibility index (Phi) is 6.16. The molecule has 0 atom stereocenters. The molecule has 0 spiro atoms. The van der Waals surface area contributed by atoms with E-state index in [0.29, 0.717) is 11.8 Å². The van der Waals surface area contributed by atoms with Gasteiger partial charge in [-0.3, -0.25) is 5.43 Å². The zero-order chi connectivity index (χ0) is 6.85. The summed E-state index contributed by atoms with van der Waals surface area (Å²) in [5.41, 5.74) is 2.41. The summed E-state index contributed by atoms with van der Waals surface area (Å²) in [7, 11) is 1.77. The van der Waals surface area contributed by atoms with Crippen molar-refractivity contribution in [3.05, 3.63) is 5.82 Å². The van der Waals surface area contributed by atoms with Crippen LogP contribution in [-0.2, 0) is 7.05 Å². The minimum Gasteiger partial charge on any atom is -0.293 e. The molecule has 1 aromatic rings. The van der Waals surface area contributed by atoms with Crippen LogP contribution in [0.3, 0.4) is 0 Å². The Labute approximate surface area is 77.2 Å². The van der Waals surface area contributed by atoms with Crippen molar-refractivity contribution in [1.29, 1.82) is 0 Å². The first-order chi connectivity index (χ1) is 4.24. The van der Waals surface area contributed by atoms with Gasteiger partial charge < -0.3 is 0 Å². The Morgan fingerprint density at radius 3 is 2.18 bits per heavy atom. The number of anilines is 1. The van der Waals surface area contributed by atoms with E-state index in [-0.39, 0.29) is 24.8 Å². The molecule has 0 amide bonds. The lowest BCUT2D eigenvalue weighted by molar-refractivity contribution is 0.760. The predicted octanol–water partition coefficient (Wildman–Crippen LogP) is 0.253. The molecule has 1 aromatic heterocycles. The van der Waals surface area contributed by atoms with E-state index >= 15 is 0 Å². The molecule has 3 N–H and O–H groups in total. The molecule has 7 heteroatoms. The maximum atomic E-state index is 5.09. The molecule has 11 heavy (non-hydrogen) atoms. The first kappa shape index (κ1) is 13.1. The molecule has 0 aliphatic rings. The van der Waals surface area contributed by atoms with Crippen LogP contribution in [0.25, 0.3) is 0 Å². The fourth-order valence-electron chi connectivity index (χ4n) is 0.638. The van der Waals surface area contributed by atoms with E-state index in [2.05, 4.69) is 15.5 Å². The first-order valence-electron chi connectivity index (χ1n) is 2.58. The van der Waals surface area contributed by atoms with Crippen molar-refractivity contribution in [3.63, 3.8) is 0 Å². The Bertz CT molecular complexity index is 210. The van der Waals surface area contributed by atoms with Gasteiger partial charge >= 0.3 is 0 Å². The smallest absolute Gasteiger partial charge is 0.235 e. The maximum Gasteiger partial charge on any atom is 0.235 e. The highest BCUT2D eigenvalue weighted by atomic mass is 35.5. The van der Waals surface area contributed by atoms with Gasteiger partial charge in [-0.15, -0.1) is 24.8 Å². The number of nitrogens with two attached hydrogens (primary N) is 1. The molecule has 0 bridgehead atoms. The average molecular weight is 200 g/mol. The molecule has 0 fully saturated rings. The predicted molar refractivity (Wildman–Crippen MR) is 48.0 cm³/mol. The normalized spacial score (nSPS) is 7.91. The van der Waals surface area contributed by atoms with E-state index in [1.807, 2.05) is 0 Å². The Morgan fingerprint density at radius 1 is 1.45 bits per heavy atom. The van der Waals surface area contributed by atoms with E-state index in [1.54, 1.807) is 18.7 Å². The lowest BCUT2D eigenvalue weighted by Crippen LogP contribution is -2.11. The zero-order valence-electron chi connectivity index (χ0n) is 6.24. The van der Waals surface area contributed by atoms with Crippen molar-refractivity contribution < 1.29 is 0 Å². The van der Waals surface area contributed by atoms with Gasteiger partial charge in [0.2, 0.25) is 5.95 Å².